The molecule has 1 unspecified atom stereocenters. The van der Waals surface area contributed by atoms with Crippen LogP contribution >= 0.6 is 0 Å². The van der Waals surface area contributed by atoms with Crippen molar-refractivity contribution >= 4 is 23.1 Å². The molecule has 0 spiro atoms. The molecule has 0 radical (unpaired) electrons. The van der Waals surface area contributed by atoms with Crippen molar-refractivity contribution in [2.45, 2.75) is 57.1 Å². The monoisotopic (exact) mass is 451 g/mol. The summed E-state index contributed by atoms with van der Waals surface area (Å²) in [4.78, 5) is 21.7. The minimum absolute atomic E-state index is 0. The van der Waals surface area contributed by atoms with Gasteiger partial charge < -0.3 is 25.2 Å². The van der Waals surface area contributed by atoms with Gasteiger partial charge in [0.15, 0.2) is 0 Å². The zero-order valence-electron chi connectivity index (χ0n) is 19.5. The Bertz CT molecular complexity index is 929. The summed E-state index contributed by atoms with van der Waals surface area (Å²) in [7, 11) is 2.27. The van der Waals surface area contributed by atoms with Gasteiger partial charge in [-0.2, -0.15) is 0 Å². The number of hydrogen-bond donors (Lipinski definition) is 2. The lowest BCUT2D eigenvalue weighted by molar-refractivity contribution is 0.201. The van der Waals surface area contributed by atoms with Crippen LogP contribution < -0.4 is 20.3 Å². The summed E-state index contributed by atoms with van der Waals surface area (Å²) >= 11 is 0. The molecule has 2 aromatic rings. The number of urea groups is 1. The molecule has 1 atom stereocenters. The van der Waals surface area contributed by atoms with Crippen molar-refractivity contribution in [1.29, 1.82) is 0 Å². The van der Waals surface area contributed by atoms with E-state index in [1.807, 2.05) is 24.3 Å². The smallest absolute Gasteiger partial charge is 0.323 e. The molecule has 3 aliphatic rings. The first kappa shape index (κ1) is 22.0. The highest BCUT2D eigenvalue weighted by atomic mass is 16.5. The molecule has 2 saturated carbocycles. The molecule has 2 amide bonds. The van der Waals surface area contributed by atoms with Gasteiger partial charge in [0.2, 0.25) is 5.88 Å². The second-order valence-corrected chi connectivity index (χ2v) is 9.81. The first-order valence-corrected chi connectivity index (χ1v) is 12.4. The second kappa shape index (κ2) is 10.00. The topological polar surface area (TPSA) is 69.7 Å². The fourth-order valence-corrected chi connectivity index (χ4v) is 4.94. The van der Waals surface area contributed by atoms with Gasteiger partial charge in [0.1, 0.15) is 6.10 Å². The SMILES string of the molecule is CN(CC1CC1)C1CCN(c2ccc(NC(=O)Nc3ccc(OC4CCCC4)nc3)cc2)C1.[HH]. The van der Waals surface area contributed by atoms with E-state index in [0.29, 0.717) is 17.6 Å². The quantitative estimate of drug-likeness (QED) is 0.576. The van der Waals surface area contributed by atoms with Gasteiger partial charge in [0.25, 0.3) is 0 Å². The third-order valence-corrected chi connectivity index (χ3v) is 7.10. The molecule has 7 heteroatoms. The van der Waals surface area contributed by atoms with E-state index in [1.165, 1.54) is 44.3 Å². The number of carbonyl (C=O) groups excluding carboxylic acids is 1. The fourth-order valence-electron chi connectivity index (χ4n) is 4.94. The molecule has 1 aliphatic heterocycles. The molecule has 2 N–H and O–H groups in total. The molecule has 1 aromatic heterocycles. The highest BCUT2D eigenvalue weighted by Crippen LogP contribution is 2.31. The van der Waals surface area contributed by atoms with Gasteiger partial charge in [0, 0.05) is 44.5 Å². The third-order valence-electron chi connectivity index (χ3n) is 7.10. The van der Waals surface area contributed by atoms with E-state index >= 15 is 0 Å². The molecular formula is C26H37N5O2. The van der Waals surface area contributed by atoms with E-state index in [1.54, 1.807) is 6.20 Å². The Morgan fingerprint density at radius 3 is 2.48 bits per heavy atom. The minimum Gasteiger partial charge on any atom is -0.474 e. The minimum atomic E-state index is -0.281. The summed E-state index contributed by atoms with van der Waals surface area (Å²) in [5.41, 5.74) is 2.62. The van der Waals surface area contributed by atoms with Gasteiger partial charge >= 0.3 is 6.03 Å². The number of nitrogens with zero attached hydrogens (tertiary/aromatic N) is 3. The molecule has 178 valence electrons. The van der Waals surface area contributed by atoms with Gasteiger partial charge in [-0.05, 0) is 88.2 Å². The Morgan fingerprint density at radius 2 is 1.79 bits per heavy atom. The molecule has 1 saturated heterocycles. The summed E-state index contributed by atoms with van der Waals surface area (Å²) in [6, 6.07) is 12.1. The number of nitrogens with one attached hydrogen (secondary N) is 2. The fraction of sp³-hybridized carbons (Fsp3) is 0.538. The van der Waals surface area contributed by atoms with Crippen molar-refractivity contribution < 1.29 is 11.0 Å². The number of amides is 2. The van der Waals surface area contributed by atoms with Crippen LogP contribution in [0, 0.1) is 5.92 Å². The molecule has 3 fully saturated rings. The number of carbonyl (C=O) groups is 1. The van der Waals surface area contributed by atoms with Crippen LogP contribution in [-0.2, 0) is 0 Å². The summed E-state index contributed by atoms with van der Waals surface area (Å²) in [6.07, 6.45) is 10.6. The van der Waals surface area contributed by atoms with Crippen LogP contribution in [0.5, 0.6) is 5.88 Å². The molecule has 2 aliphatic carbocycles. The van der Waals surface area contributed by atoms with E-state index in [2.05, 4.69) is 44.6 Å². The molecule has 7 nitrogen and oxygen atoms in total. The number of benzene rings is 1. The number of aromatic nitrogens is 1. The number of likely N-dealkylation sites (N-methyl/N-ethyl adjacent to an activating group) is 1. The highest BCUT2D eigenvalue weighted by Gasteiger charge is 2.30. The standard InChI is InChI=1S/C26H35N5O2.H2/c1-30(17-19-6-7-19)23-14-15-31(18-23)22-11-8-20(9-12-22)28-26(32)29-21-10-13-25(27-16-21)33-24-4-2-3-5-24;/h8-13,16,19,23-24H,2-7,14-15,17-18H2,1H3,(H2,28,29,32);1H. The van der Waals surface area contributed by atoms with Crippen molar-refractivity contribution in [3.8, 4) is 5.88 Å². The average molecular weight is 452 g/mol. The molecule has 0 bridgehead atoms. The Labute approximate surface area is 198 Å². The van der Waals surface area contributed by atoms with Crippen molar-refractivity contribution in [3.05, 3.63) is 42.6 Å². The van der Waals surface area contributed by atoms with E-state index in [0.717, 1.165) is 37.5 Å². The number of pyridine rings is 1. The summed E-state index contributed by atoms with van der Waals surface area (Å²) in [5.74, 6) is 1.55. The van der Waals surface area contributed by atoms with Gasteiger partial charge in [-0.1, -0.05) is 0 Å². The number of rotatable bonds is 8. The number of anilines is 3. The maximum absolute atomic E-state index is 12.4. The van der Waals surface area contributed by atoms with E-state index in [-0.39, 0.29) is 13.6 Å². The predicted octanol–water partition coefficient (Wildman–Crippen LogP) is 5.21. The zero-order chi connectivity index (χ0) is 22.6. The Kier molecular flexibility index (Phi) is 6.67. The first-order valence-electron chi connectivity index (χ1n) is 12.4. The third kappa shape index (κ3) is 5.96. The maximum atomic E-state index is 12.4. The maximum Gasteiger partial charge on any atom is 0.323 e. The lowest BCUT2D eigenvalue weighted by Crippen LogP contribution is -2.35. The Morgan fingerprint density at radius 1 is 1.06 bits per heavy atom. The summed E-state index contributed by atoms with van der Waals surface area (Å²) in [5, 5.41) is 5.74. The summed E-state index contributed by atoms with van der Waals surface area (Å²) in [6.45, 7) is 3.40. The summed E-state index contributed by atoms with van der Waals surface area (Å²) < 4.78 is 5.88. The van der Waals surface area contributed by atoms with Gasteiger partial charge in [0.05, 0.1) is 11.9 Å². The van der Waals surface area contributed by atoms with E-state index in [4.69, 9.17) is 4.74 Å². The van der Waals surface area contributed by atoms with Crippen LogP contribution in [0.2, 0.25) is 0 Å². The molecule has 2 heterocycles. The predicted molar refractivity (Wildman–Crippen MR) is 134 cm³/mol. The lowest BCUT2D eigenvalue weighted by atomic mass is 10.2. The highest BCUT2D eigenvalue weighted by molar-refractivity contribution is 5.99. The zero-order valence-corrected chi connectivity index (χ0v) is 19.5. The Hall–Kier alpha value is -2.80. The van der Waals surface area contributed by atoms with Gasteiger partial charge in [-0.15, -0.1) is 0 Å². The number of ether oxygens (including phenoxy) is 1. The van der Waals surface area contributed by atoms with Crippen LogP contribution in [-0.4, -0.2) is 54.7 Å². The lowest BCUT2D eigenvalue weighted by Gasteiger charge is -2.25. The second-order valence-electron chi connectivity index (χ2n) is 9.81. The largest absolute Gasteiger partial charge is 0.474 e. The molecular weight excluding hydrogens is 414 g/mol. The van der Waals surface area contributed by atoms with Crippen molar-refractivity contribution in [1.82, 2.24) is 9.88 Å². The van der Waals surface area contributed by atoms with Crippen molar-refractivity contribution in [2.75, 3.05) is 42.2 Å². The normalized spacial score (nSPS) is 20.9. The first-order chi connectivity index (χ1) is 16.1. The van der Waals surface area contributed by atoms with E-state index in [9.17, 15) is 4.79 Å². The Balaban J connectivity index is 0.00000274. The molecule has 5 rings (SSSR count). The average Bonchev–Trinajstić information content (AvgIpc) is 3.25. The van der Waals surface area contributed by atoms with Crippen LogP contribution in [0.3, 0.4) is 0 Å². The molecule has 33 heavy (non-hydrogen) atoms. The van der Waals surface area contributed by atoms with Crippen LogP contribution in [0.25, 0.3) is 0 Å². The molecule has 1 aromatic carbocycles. The van der Waals surface area contributed by atoms with Crippen LogP contribution in [0.4, 0.5) is 21.9 Å². The van der Waals surface area contributed by atoms with Gasteiger partial charge in [-0.3, -0.25) is 0 Å². The van der Waals surface area contributed by atoms with E-state index < -0.39 is 0 Å². The van der Waals surface area contributed by atoms with Gasteiger partial charge in [-0.25, -0.2) is 9.78 Å². The van der Waals surface area contributed by atoms with Crippen molar-refractivity contribution in [2.24, 2.45) is 5.92 Å². The van der Waals surface area contributed by atoms with Crippen molar-refractivity contribution in [3.63, 3.8) is 0 Å². The van der Waals surface area contributed by atoms with Crippen LogP contribution in [0.1, 0.15) is 46.4 Å². The number of hydrogen-bond acceptors (Lipinski definition) is 5. The van der Waals surface area contributed by atoms with Crippen LogP contribution in [0.15, 0.2) is 42.6 Å².